The van der Waals surface area contributed by atoms with Gasteiger partial charge in [0, 0.05) is 18.3 Å². The molecule has 0 aliphatic rings. The molecule has 5 nitrogen and oxygen atoms in total. The molecular weight excluding hydrogens is 256 g/mol. The zero-order valence-corrected chi connectivity index (χ0v) is 12.9. The van der Waals surface area contributed by atoms with E-state index in [-0.39, 0.29) is 30.5 Å². The maximum absolute atomic E-state index is 12.6. The summed E-state index contributed by atoms with van der Waals surface area (Å²) in [6, 6.07) is 3.75. The number of carbonyl (C=O) groups is 2. The Hall–Kier alpha value is -1.78. The van der Waals surface area contributed by atoms with Gasteiger partial charge in [-0.1, -0.05) is 0 Å². The van der Waals surface area contributed by atoms with Gasteiger partial charge in [0.25, 0.3) is 5.91 Å². The highest BCUT2D eigenvalue weighted by Crippen LogP contribution is 2.15. The van der Waals surface area contributed by atoms with E-state index in [1.165, 1.54) is 4.90 Å². The van der Waals surface area contributed by atoms with Crippen molar-refractivity contribution in [2.75, 3.05) is 13.2 Å². The first kappa shape index (κ1) is 16.3. The number of hydrogen-bond donors (Lipinski definition) is 0. The van der Waals surface area contributed by atoms with Crippen LogP contribution in [0.15, 0.2) is 18.3 Å². The molecule has 0 aromatic carbocycles. The van der Waals surface area contributed by atoms with Gasteiger partial charge in [-0.3, -0.25) is 9.59 Å². The first-order valence-corrected chi connectivity index (χ1v) is 7.01. The highest BCUT2D eigenvalue weighted by Gasteiger charge is 2.24. The second-order valence-corrected chi connectivity index (χ2v) is 5.23. The second kappa shape index (κ2) is 7.12. The van der Waals surface area contributed by atoms with E-state index in [0.29, 0.717) is 12.3 Å². The standard InChI is InChI=1S/C15H24N2O3/c1-6-20-14(18)10-17(12(4)5)15(19)13-8-7-9-16(13)11(2)3/h7-9,11-12H,6,10H2,1-5H3. The van der Waals surface area contributed by atoms with Crippen LogP contribution in [0.5, 0.6) is 0 Å². The Morgan fingerprint density at radius 2 is 1.95 bits per heavy atom. The van der Waals surface area contributed by atoms with Crippen molar-refractivity contribution in [1.82, 2.24) is 9.47 Å². The number of nitrogens with zero attached hydrogens (tertiary/aromatic N) is 2. The first-order chi connectivity index (χ1) is 9.38. The highest BCUT2D eigenvalue weighted by atomic mass is 16.5. The molecule has 0 radical (unpaired) electrons. The summed E-state index contributed by atoms with van der Waals surface area (Å²) in [6.45, 7) is 9.86. The van der Waals surface area contributed by atoms with Crippen LogP contribution in [-0.4, -0.2) is 40.5 Å². The Balaban J connectivity index is 2.94. The number of aromatic nitrogens is 1. The molecule has 0 fully saturated rings. The summed E-state index contributed by atoms with van der Waals surface area (Å²) >= 11 is 0. The van der Waals surface area contributed by atoms with Crippen LogP contribution in [0.3, 0.4) is 0 Å². The van der Waals surface area contributed by atoms with Crippen molar-refractivity contribution < 1.29 is 14.3 Å². The quantitative estimate of drug-likeness (QED) is 0.752. The summed E-state index contributed by atoms with van der Waals surface area (Å²) in [4.78, 5) is 25.8. The van der Waals surface area contributed by atoms with Gasteiger partial charge in [-0.25, -0.2) is 0 Å². The first-order valence-electron chi connectivity index (χ1n) is 7.01. The fourth-order valence-electron chi connectivity index (χ4n) is 2.01. The predicted octanol–water partition coefficient (Wildman–Crippen LogP) is 2.48. The SMILES string of the molecule is CCOC(=O)CN(C(=O)c1cccn1C(C)C)C(C)C. The molecule has 0 aliphatic carbocycles. The van der Waals surface area contributed by atoms with Crippen molar-refractivity contribution in [3.8, 4) is 0 Å². The van der Waals surface area contributed by atoms with Gasteiger partial charge in [0.15, 0.2) is 0 Å². The molecule has 1 amide bonds. The van der Waals surface area contributed by atoms with E-state index in [0.717, 1.165) is 0 Å². The van der Waals surface area contributed by atoms with Gasteiger partial charge in [-0.05, 0) is 46.8 Å². The Bertz CT molecular complexity index is 463. The van der Waals surface area contributed by atoms with Gasteiger partial charge in [-0.2, -0.15) is 0 Å². The minimum absolute atomic E-state index is 0.0202. The van der Waals surface area contributed by atoms with E-state index in [2.05, 4.69) is 0 Å². The normalized spacial score (nSPS) is 10.9. The minimum Gasteiger partial charge on any atom is -0.465 e. The van der Waals surface area contributed by atoms with Crippen molar-refractivity contribution in [2.45, 2.75) is 46.7 Å². The number of ether oxygens (including phenoxy) is 1. The Labute approximate surface area is 120 Å². The van der Waals surface area contributed by atoms with Gasteiger partial charge in [0.2, 0.25) is 0 Å². The molecule has 0 saturated carbocycles. The lowest BCUT2D eigenvalue weighted by molar-refractivity contribution is -0.144. The third-order valence-corrected chi connectivity index (χ3v) is 3.04. The van der Waals surface area contributed by atoms with Crippen LogP contribution in [0.1, 0.15) is 51.1 Å². The van der Waals surface area contributed by atoms with Crippen LogP contribution < -0.4 is 0 Å². The lowest BCUT2D eigenvalue weighted by Gasteiger charge is -2.26. The fraction of sp³-hybridized carbons (Fsp3) is 0.600. The predicted molar refractivity (Wildman–Crippen MR) is 77.6 cm³/mol. The molecule has 0 aliphatic heterocycles. The largest absolute Gasteiger partial charge is 0.465 e. The third kappa shape index (κ3) is 3.85. The van der Waals surface area contributed by atoms with Crippen molar-refractivity contribution in [1.29, 1.82) is 0 Å². The van der Waals surface area contributed by atoms with E-state index in [9.17, 15) is 9.59 Å². The van der Waals surface area contributed by atoms with Crippen molar-refractivity contribution >= 4 is 11.9 Å². The molecule has 0 N–H and O–H groups in total. The van der Waals surface area contributed by atoms with Crippen LogP contribution in [0.2, 0.25) is 0 Å². The Morgan fingerprint density at radius 1 is 1.30 bits per heavy atom. The number of hydrogen-bond acceptors (Lipinski definition) is 3. The van der Waals surface area contributed by atoms with Crippen LogP contribution in [0.4, 0.5) is 0 Å². The van der Waals surface area contributed by atoms with Gasteiger partial charge >= 0.3 is 5.97 Å². The van der Waals surface area contributed by atoms with Crippen LogP contribution in [-0.2, 0) is 9.53 Å². The number of esters is 1. The van der Waals surface area contributed by atoms with E-state index in [1.54, 1.807) is 13.0 Å². The minimum atomic E-state index is -0.378. The monoisotopic (exact) mass is 280 g/mol. The molecule has 0 saturated heterocycles. The molecule has 112 valence electrons. The lowest BCUT2D eigenvalue weighted by atomic mass is 10.2. The van der Waals surface area contributed by atoms with Crippen LogP contribution >= 0.6 is 0 Å². The van der Waals surface area contributed by atoms with E-state index in [1.807, 2.05) is 44.5 Å². The molecule has 1 aromatic rings. The average molecular weight is 280 g/mol. The maximum atomic E-state index is 12.6. The molecule has 5 heteroatoms. The third-order valence-electron chi connectivity index (χ3n) is 3.04. The van der Waals surface area contributed by atoms with Crippen LogP contribution in [0, 0.1) is 0 Å². The number of amides is 1. The van der Waals surface area contributed by atoms with Gasteiger partial charge in [0.1, 0.15) is 12.2 Å². The topological polar surface area (TPSA) is 51.5 Å². The highest BCUT2D eigenvalue weighted by molar-refractivity contribution is 5.95. The Morgan fingerprint density at radius 3 is 2.45 bits per heavy atom. The van der Waals surface area contributed by atoms with Crippen LogP contribution in [0.25, 0.3) is 0 Å². The summed E-state index contributed by atoms with van der Waals surface area (Å²) in [5.41, 5.74) is 0.595. The molecule has 1 aromatic heterocycles. The molecule has 20 heavy (non-hydrogen) atoms. The summed E-state index contributed by atoms with van der Waals surface area (Å²) in [6.07, 6.45) is 1.88. The zero-order valence-electron chi connectivity index (χ0n) is 12.9. The smallest absolute Gasteiger partial charge is 0.325 e. The summed E-state index contributed by atoms with van der Waals surface area (Å²) < 4.78 is 6.83. The number of carbonyl (C=O) groups excluding carboxylic acids is 2. The van der Waals surface area contributed by atoms with E-state index in [4.69, 9.17) is 4.74 Å². The van der Waals surface area contributed by atoms with Gasteiger partial charge in [0.05, 0.1) is 6.61 Å². The molecule has 0 unspecified atom stereocenters. The van der Waals surface area contributed by atoms with Crippen molar-refractivity contribution in [3.63, 3.8) is 0 Å². The van der Waals surface area contributed by atoms with Gasteiger partial charge in [-0.15, -0.1) is 0 Å². The molecule has 0 atom stereocenters. The van der Waals surface area contributed by atoms with Crippen molar-refractivity contribution in [2.24, 2.45) is 0 Å². The molecule has 0 spiro atoms. The van der Waals surface area contributed by atoms with E-state index < -0.39 is 0 Å². The molecule has 0 bridgehead atoms. The zero-order chi connectivity index (χ0) is 15.3. The molecule has 1 rings (SSSR count). The van der Waals surface area contributed by atoms with E-state index >= 15 is 0 Å². The number of rotatable bonds is 6. The Kier molecular flexibility index (Phi) is 5.80. The summed E-state index contributed by atoms with van der Waals surface area (Å²) in [5.74, 6) is -0.524. The maximum Gasteiger partial charge on any atom is 0.325 e. The lowest BCUT2D eigenvalue weighted by Crippen LogP contribution is -2.42. The molecule has 1 heterocycles. The second-order valence-electron chi connectivity index (χ2n) is 5.23. The average Bonchev–Trinajstić information content (AvgIpc) is 2.84. The summed E-state index contributed by atoms with van der Waals surface area (Å²) in [7, 11) is 0. The molecular formula is C15H24N2O3. The fourth-order valence-corrected chi connectivity index (χ4v) is 2.01. The van der Waals surface area contributed by atoms with Crippen molar-refractivity contribution in [3.05, 3.63) is 24.0 Å². The summed E-state index contributed by atoms with van der Waals surface area (Å²) in [5, 5.41) is 0. The van der Waals surface area contributed by atoms with Gasteiger partial charge < -0.3 is 14.2 Å².